The standard InChI is InChI=1S/C16H24N2O2/c1-3-7-16(15(19)20)8-4-9-18(12-16)11-14-6-5-13(2)17-10-14/h5-6,10H,3-4,7-9,11-12H2,1-2H3,(H,19,20). The van der Waals surface area contributed by atoms with E-state index >= 15 is 0 Å². The van der Waals surface area contributed by atoms with Gasteiger partial charge in [-0.25, -0.2) is 0 Å². The van der Waals surface area contributed by atoms with Gasteiger partial charge in [0.2, 0.25) is 0 Å². The molecule has 0 aliphatic carbocycles. The third-order valence-electron chi connectivity index (χ3n) is 4.22. The molecule has 110 valence electrons. The van der Waals surface area contributed by atoms with E-state index in [4.69, 9.17) is 0 Å². The molecule has 1 atom stereocenters. The first-order chi connectivity index (χ1) is 9.55. The Labute approximate surface area is 120 Å². The summed E-state index contributed by atoms with van der Waals surface area (Å²) in [4.78, 5) is 18.2. The summed E-state index contributed by atoms with van der Waals surface area (Å²) in [6, 6.07) is 4.09. The second-order valence-corrected chi connectivity index (χ2v) is 5.96. The Bertz CT molecular complexity index is 454. The molecule has 2 rings (SSSR count). The first kappa shape index (κ1) is 15.0. The third kappa shape index (κ3) is 3.37. The van der Waals surface area contributed by atoms with Crippen LogP contribution in [-0.2, 0) is 11.3 Å². The Kier molecular flexibility index (Phi) is 4.76. The number of aromatic nitrogens is 1. The van der Waals surface area contributed by atoms with Crippen LogP contribution in [0.4, 0.5) is 0 Å². The van der Waals surface area contributed by atoms with Gasteiger partial charge in [0.05, 0.1) is 5.41 Å². The van der Waals surface area contributed by atoms with Crippen LogP contribution in [0.2, 0.25) is 0 Å². The predicted molar refractivity (Wildman–Crippen MR) is 78.5 cm³/mol. The van der Waals surface area contributed by atoms with Crippen molar-refractivity contribution in [2.45, 2.75) is 46.1 Å². The molecule has 1 N–H and O–H groups in total. The molecule has 1 aromatic heterocycles. The van der Waals surface area contributed by atoms with E-state index in [1.165, 1.54) is 0 Å². The van der Waals surface area contributed by atoms with Gasteiger partial charge in [-0.1, -0.05) is 19.4 Å². The van der Waals surface area contributed by atoms with E-state index in [1.54, 1.807) is 0 Å². The minimum absolute atomic E-state index is 0.550. The van der Waals surface area contributed by atoms with Gasteiger partial charge in [-0.15, -0.1) is 0 Å². The van der Waals surface area contributed by atoms with Gasteiger partial charge in [0, 0.05) is 25.0 Å². The second kappa shape index (κ2) is 6.35. The highest BCUT2D eigenvalue weighted by molar-refractivity contribution is 5.75. The molecule has 0 aromatic carbocycles. The highest BCUT2D eigenvalue weighted by Crippen LogP contribution is 2.35. The molecule has 4 heteroatoms. The van der Waals surface area contributed by atoms with Crippen LogP contribution < -0.4 is 0 Å². The molecule has 0 bridgehead atoms. The van der Waals surface area contributed by atoms with E-state index < -0.39 is 11.4 Å². The molecular formula is C16H24N2O2. The highest BCUT2D eigenvalue weighted by atomic mass is 16.4. The van der Waals surface area contributed by atoms with E-state index in [-0.39, 0.29) is 0 Å². The smallest absolute Gasteiger partial charge is 0.310 e. The maximum absolute atomic E-state index is 11.7. The second-order valence-electron chi connectivity index (χ2n) is 5.96. The summed E-state index contributed by atoms with van der Waals surface area (Å²) in [6.07, 6.45) is 5.35. The fourth-order valence-electron chi connectivity index (χ4n) is 3.18. The van der Waals surface area contributed by atoms with Crippen LogP contribution in [0.25, 0.3) is 0 Å². The van der Waals surface area contributed by atoms with Gasteiger partial charge in [0.15, 0.2) is 0 Å². The number of hydrogen-bond donors (Lipinski definition) is 1. The van der Waals surface area contributed by atoms with Crippen LogP contribution in [0.1, 0.15) is 43.9 Å². The zero-order valence-corrected chi connectivity index (χ0v) is 12.4. The Balaban J connectivity index is 2.05. The van der Waals surface area contributed by atoms with E-state index in [0.29, 0.717) is 6.54 Å². The molecule has 0 spiro atoms. The number of carboxylic acids is 1. The molecular weight excluding hydrogens is 252 g/mol. The van der Waals surface area contributed by atoms with Gasteiger partial charge in [-0.2, -0.15) is 0 Å². The zero-order valence-electron chi connectivity index (χ0n) is 12.4. The number of carboxylic acid groups (broad SMARTS) is 1. The average molecular weight is 276 g/mol. The van der Waals surface area contributed by atoms with Crippen molar-refractivity contribution in [3.05, 3.63) is 29.6 Å². The van der Waals surface area contributed by atoms with Gasteiger partial charge in [0.1, 0.15) is 0 Å². The summed E-state index contributed by atoms with van der Waals surface area (Å²) in [5.41, 5.74) is 1.62. The monoisotopic (exact) mass is 276 g/mol. The largest absolute Gasteiger partial charge is 0.481 e. The fourth-order valence-corrected chi connectivity index (χ4v) is 3.18. The number of piperidine rings is 1. The Morgan fingerprint density at radius 2 is 2.30 bits per heavy atom. The molecule has 1 aliphatic heterocycles. The lowest BCUT2D eigenvalue weighted by Crippen LogP contribution is -2.47. The molecule has 1 aromatic rings. The van der Waals surface area contributed by atoms with Crippen LogP contribution in [-0.4, -0.2) is 34.0 Å². The molecule has 1 fully saturated rings. The minimum atomic E-state index is -0.633. The molecule has 0 saturated carbocycles. The molecule has 20 heavy (non-hydrogen) atoms. The Hall–Kier alpha value is -1.42. The van der Waals surface area contributed by atoms with Crippen LogP contribution in [0.15, 0.2) is 18.3 Å². The molecule has 1 saturated heterocycles. The first-order valence-electron chi connectivity index (χ1n) is 7.43. The third-order valence-corrected chi connectivity index (χ3v) is 4.22. The van der Waals surface area contributed by atoms with Crippen molar-refractivity contribution in [3.8, 4) is 0 Å². The molecule has 0 amide bonds. The summed E-state index contributed by atoms with van der Waals surface area (Å²) in [5.74, 6) is -0.633. The van der Waals surface area contributed by atoms with Crippen LogP contribution >= 0.6 is 0 Å². The topological polar surface area (TPSA) is 53.4 Å². The summed E-state index contributed by atoms with van der Waals surface area (Å²) in [7, 11) is 0. The molecule has 1 unspecified atom stereocenters. The van der Waals surface area contributed by atoms with Crippen molar-refractivity contribution >= 4 is 5.97 Å². The zero-order chi connectivity index (χ0) is 14.6. The van der Waals surface area contributed by atoms with Crippen LogP contribution in [0.5, 0.6) is 0 Å². The number of hydrogen-bond acceptors (Lipinski definition) is 3. The van der Waals surface area contributed by atoms with E-state index in [1.807, 2.05) is 19.2 Å². The van der Waals surface area contributed by atoms with Gasteiger partial charge in [-0.3, -0.25) is 14.7 Å². The number of rotatable bonds is 5. The lowest BCUT2D eigenvalue weighted by Gasteiger charge is -2.40. The summed E-state index contributed by atoms with van der Waals surface area (Å²) >= 11 is 0. The molecule has 1 aliphatic rings. The molecule has 2 heterocycles. The van der Waals surface area contributed by atoms with E-state index in [2.05, 4.69) is 22.9 Å². The van der Waals surface area contributed by atoms with Gasteiger partial charge < -0.3 is 5.11 Å². The Morgan fingerprint density at radius 1 is 1.50 bits per heavy atom. The lowest BCUT2D eigenvalue weighted by atomic mass is 9.76. The van der Waals surface area contributed by atoms with Crippen LogP contribution in [0.3, 0.4) is 0 Å². The van der Waals surface area contributed by atoms with Crippen LogP contribution in [0, 0.1) is 12.3 Å². The van der Waals surface area contributed by atoms with Crippen molar-refractivity contribution < 1.29 is 9.90 Å². The first-order valence-corrected chi connectivity index (χ1v) is 7.43. The van der Waals surface area contributed by atoms with Crippen molar-refractivity contribution in [1.82, 2.24) is 9.88 Å². The number of nitrogens with zero attached hydrogens (tertiary/aromatic N) is 2. The van der Waals surface area contributed by atoms with Gasteiger partial charge in [0.25, 0.3) is 0 Å². The summed E-state index contributed by atoms with van der Waals surface area (Å²) in [6.45, 7) is 6.47. The average Bonchev–Trinajstić information content (AvgIpc) is 2.42. The number of aryl methyl sites for hydroxylation is 1. The van der Waals surface area contributed by atoms with E-state index in [0.717, 1.165) is 50.0 Å². The van der Waals surface area contributed by atoms with Gasteiger partial charge in [-0.05, 0) is 44.4 Å². The minimum Gasteiger partial charge on any atom is -0.481 e. The highest BCUT2D eigenvalue weighted by Gasteiger charge is 2.41. The number of pyridine rings is 1. The van der Waals surface area contributed by atoms with Crippen molar-refractivity contribution in [2.24, 2.45) is 5.41 Å². The SMILES string of the molecule is CCCC1(C(=O)O)CCCN(Cc2ccc(C)nc2)C1. The predicted octanol–water partition coefficient (Wildman–Crippen LogP) is 2.86. The maximum Gasteiger partial charge on any atom is 0.310 e. The summed E-state index contributed by atoms with van der Waals surface area (Å²) in [5, 5.41) is 9.60. The molecule has 4 nitrogen and oxygen atoms in total. The van der Waals surface area contributed by atoms with Crippen molar-refractivity contribution in [3.63, 3.8) is 0 Å². The Morgan fingerprint density at radius 3 is 2.90 bits per heavy atom. The number of aliphatic carboxylic acids is 1. The maximum atomic E-state index is 11.7. The van der Waals surface area contributed by atoms with Crippen molar-refractivity contribution in [2.75, 3.05) is 13.1 Å². The fraction of sp³-hybridized carbons (Fsp3) is 0.625. The lowest BCUT2D eigenvalue weighted by molar-refractivity contribution is -0.153. The summed E-state index contributed by atoms with van der Waals surface area (Å²) < 4.78 is 0. The number of likely N-dealkylation sites (tertiary alicyclic amines) is 1. The van der Waals surface area contributed by atoms with Gasteiger partial charge >= 0.3 is 5.97 Å². The van der Waals surface area contributed by atoms with Crippen molar-refractivity contribution in [1.29, 1.82) is 0 Å². The number of carbonyl (C=O) groups is 1. The van der Waals surface area contributed by atoms with E-state index in [9.17, 15) is 9.90 Å². The normalized spacial score (nSPS) is 23.7. The quantitative estimate of drug-likeness (QED) is 0.898. The molecule has 0 radical (unpaired) electrons.